The highest BCUT2D eigenvalue weighted by Crippen LogP contribution is 2.20. The van der Waals surface area contributed by atoms with Gasteiger partial charge in [-0.25, -0.2) is 8.78 Å². The van der Waals surface area contributed by atoms with Crippen LogP contribution < -0.4 is 9.33 Å². The van der Waals surface area contributed by atoms with Gasteiger partial charge in [0.15, 0.2) is 16.3 Å². The molecule has 0 heterocycles. The lowest BCUT2D eigenvalue weighted by Crippen LogP contribution is -2.15. The van der Waals surface area contributed by atoms with Crippen LogP contribution in [0.25, 0.3) is 0 Å². The Morgan fingerprint density at radius 3 is 2.13 bits per heavy atom. The second-order valence-corrected chi connectivity index (χ2v) is 3.63. The van der Waals surface area contributed by atoms with Gasteiger partial charge in [-0.3, -0.25) is 0 Å². The molecule has 0 aliphatic carbocycles. The molecule has 0 N–H and O–H groups in total. The number of rotatable bonds is 2. The van der Waals surface area contributed by atoms with Crippen molar-refractivity contribution in [2.24, 2.45) is 0 Å². The number of hydrogen-bond acceptors (Lipinski definition) is 1. The molecule has 0 bridgehead atoms. The van der Waals surface area contributed by atoms with Crippen molar-refractivity contribution in [2.45, 2.75) is 20.3 Å². The summed E-state index contributed by atoms with van der Waals surface area (Å²) in [7, 11) is 3.65. The zero-order valence-corrected chi connectivity index (χ0v) is 10.7. The molecular weight excluding hydrogens is 211 g/mol. The van der Waals surface area contributed by atoms with Crippen molar-refractivity contribution in [2.75, 3.05) is 19.0 Å². The van der Waals surface area contributed by atoms with Crippen molar-refractivity contribution in [1.82, 2.24) is 0 Å². The molecule has 82 valence electrons. The van der Waals surface area contributed by atoms with E-state index in [0.29, 0.717) is 4.43 Å². The van der Waals surface area contributed by atoms with Crippen LogP contribution >= 0.6 is 0 Å². The highest BCUT2D eigenvalue weighted by Gasteiger charge is 2.10. The summed E-state index contributed by atoms with van der Waals surface area (Å²) < 4.78 is 25.4. The standard InChI is InChI=1S/C9H10F2N.C2H6.Al/c1-12(2)8-5-3-4-7(6-8)9(10)11;1-2;/h3,5-6,9H,1-2H3;1-2H3;. The van der Waals surface area contributed by atoms with E-state index < -0.39 is 6.43 Å². The van der Waals surface area contributed by atoms with Crippen LogP contribution in [-0.2, 0) is 0 Å². The molecule has 0 spiro atoms. The van der Waals surface area contributed by atoms with Gasteiger partial charge in [-0.2, -0.15) is 0 Å². The Balaban J connectivity index is 0.000000921. The first kappa shape index (κ1) is 14.4. The predicted molar refractivity (Wildman–Crippen MR) is 62.5 cm³/mol. The maximum Gasteiger partial charge on any atom is 0.262 e. The smallest absolute Gasteiger partial charge is 0.262 e. The Morgan fingerprint density at radius 2 is 1.73 bits per heavy atom. The molecule has 0 fully saturated rings. The minimum atomic E-state index is -2.41. The average Bonchev–Trinajstić information content (AvgIpc) is 2.20. The second kappa shape index (κ2) is 6.82. The van der Waals surface area contributed by atoms with Gasteiger partial charge in [0.1, 0.15) is 0 Å². The summed E-state index contributed by atoms with van der Waals surface area (Å²) in [5.41, 5.74) is 0.873. The molecule has 0 saturated carbocycles. The van der Waals surface area contributed by atoms with Gasteiger partial charge in [0.05, 0.1) is 0 Å². The Bertz CT molecular complexity index is 301. The molecule has 2 radical (unpaired) electrons. The quantitative estimate of drug-likeness (QED) is 0.702. The van der Waals surface area contributed by atoms with E-state index >= 15 is 0 Å². The van der Waals surface area contributed by atoms with Crippen LogP contribution in [0.1, 0.15) is 25.8 Å². The SMILES string of the molecule is CC.CN(C)c1cc[c]([Al])c(C(F)F)c1. The number of hydrogen-bond donors (Lipinski definition) is 0. The first-order valence-corrected chi connectivity index (χ1v) is 5.45. The molecule has 0 aliphatic heterocycles. The largest absolute Gasteiger partial charge is 0.378 e. The van der Waals surface area contributed by atoms with E-state index in [0.717, 1.165) is 5.69 Å². The lowest BCUT2D eigenvalue weighted by Gasteiger charge is -2.15. The first-order valence-electron chi connectivity index (χ1n) is 4.87. The van der Waals surface area contributed by atoms with E-state index in [1.54, 1.807) is 11.0 Å². The van der Waals surface area contributed by atoms with E-state index in [4.69, 9.17) is 0 Å². The van der Waals surface area contributed by atoms with E-state index in [1.807, 2.05) is 34.0 Å². The number of anilines is 1. The fourth-order valence-corrected chi connectivity index (χ4v) is 1.33. The Labute approximate surface area is 98.5 Å². The Morgan fingerprint density at radius 1 is 1.20 bits per heavy atom. The van der Waals surface area contributed by atoms with Crippen molar-refractivity contribution >= 4 is 26.4 Å². The van der Waals surface area contributed by atoms with Gasteiger partial charge in [-0.05, 0) is 12.1 Å². The molecule has 0 aromatic heterocycles. The number of benzene rings is 1. The van der Waals surface area contributed by atoms with Crippen LogP contribution in [0.3, 0.4) is 0 Å². The van der Waals surface area contributed by atoms with Crippen molar-refractivity contribution in [1.29, 1.82) is 0 Å². The summed E-state index contributed by atoms with van der Waals surface area (Å²) in [5, 5.41) is 0. The van der Waals surface area contributed by atoms with Gasteiger partial charge >= 0.3 is 0 Å². The molecular formula is C11H16AlF2N. The van der Waals surface area contributed by atoms with Crippen molar-refractivity contribution in [3.63, 3.8) is 0 Å². The van der Waals surface area contributed by atoms with Gasteiger partial charge in [0.2, 0.25) is 0 Å². The van der Waals surface area contributed by atoms with Crippen molar-refractivity contribution in [3.8, 4) is 0 Å². The third-order valence-electron chi connectivity index (χ3n) is 1.82. The van der Waals surface area contributed by atoms with Gasteiger partial charge < -0.3 is 4.90 Å². The second-order valence-electron chi connectivity index (χ2n) is 3.01. The summed E-state index contributed by atoms with van der Waals surface area (Å²) >= 11 is 2.31. The third-order valence-corrected chi connectivity index (χ3v) is 2.35. The number of alkyl halides is 2. The van der Waals surface area contributed by atoms with Crippen LogP contribution in [0.2, 0.25) is 0 Å². The molecule has 0 atom stereocenters. The number of nitrogens with zero attached hydrogens (tertiary/aromatic N) is 1. The Kier molecular flexibility index (Phi) is 6.55. The summed E-state index contributed by atoms with van der Waals surface area (Å²) in [5.74, 6) is 0. The van der Waals surface area contributed by atoms with Gasteiger partial charge in [-0.15, -0.1) is 4.43 Å². The van der Waals surface area contributed by atoms with Crippen LogP contribution in [0, 0.1) is 0 Å². The summed E-state index contributed by atoms with van der Waals surface area (Å²) in [6.07, 6.45) is -2.41. The van der Waals surface area contributed by atoms with Gasteiger partial charge in [0.25, 0.3) is 6.43 Å². The molecule has 1 aromatic carbocycles. The minimum Gasteiger partial charge on any atom is -0.378 e. The lowest BCUT2D eigenvalue weighted by molar-refractivity contribution is 0.152. The van der Waals surface area contributed by atoms with E-state index in [-0.39, 0.29) is 5.56 Å². The van der Waals surface area contributed by atoms with Crippen LogP contribution in [0.15, 0.2) is 18.2 Å². The highest BCUT2D eigenvalue weighted by molar-refractivity contribution is 6.33. The molecule has 0 unspecified atom stereocenters. The average molecular weight is 227 g/mol. The maximum atomic E-state index is 12.4. The van der Waals surface area contributed by atoms with Crippen molar-refractivity contribution < 1.29 is 8.78 Å². The fraction of sp³-hybridized carbons (Fsp3) is 0.455. The Hall–Kier alpha value is -0.588. The maximum absolute atomic E-state index is 12.4. The van der Waals surface area contributed by atoms with Crippen LogP contribution in [0.5, 0.6) is 0 Å². The lowest BCUT2D eigenvalue weighted by atomic mass is 10.2. The van der Waals surface area contributed by atoms with Gasteiger partial charge in [0, 0.05) is 25.3 Å². The summed E-state index contributed by atoms with van der Waals surface area (Å²) in [6.45, 7) is 4.00. The van der Waals surface area contributed by atoms with Crippen LogP contribution in [-0.4, -0.2) is 30.4 Å². The van der Waals surface area contributed by atoms with E-state index in [1.165, 1.54) is 6.07 Å². The minimum absolute atomic E-state index is 0.0798. The zero-order valence-electron chi connectivity index (χ0n) is 9.59. The molecule has 4 heteroatoms. The highest BCUT2D eigenvalue weighted by atomic mass is 27.0. The number of halogens is 2. The summed E-state index contributed by atoms with van der Waals surface area (Å²) in [6, 6.07) is 5.00. The molecule has 0 saturated heterocycles. The molecule has 1 aromatic rings. The zero-order chi connectivity index (χ0) is 12.0. The first-order chi connectivity index (χ1) is 7.02. The topological polar surface area (TPSA) is 3.24 Å². The molecule has 0 amide bonds. The van der Waals surface area contributed by atoms with Crippen molar-refractivity contribution in [3.05, 3.63) is 23.8 Å². The fourth-order valence-electron chi connectivity index (χ4n) is 1.03. The molecule has 0 aliphatic rings. The third kappa shape index (κ3) is 4.19. The van der Waals surface area contributed by atoms with E-state index in [9.17, 15) is 8.78 Å². The normalized spacial score (nSPS) is 9.53. The predicted octanol–water partition coefficient (Wildman–Crippen LogP) is 2.51. The monoisotopic (exact) mass is 227 g/mol. The molecule has 1 nitrogen and oxygen atoms in total. The van der Waals surface area contributed by atoms with Crippen LogP contribution in [0.4, 0.5) is 14.5 Å². The molecule has 1 rings (SSSR count). The summed E-state index contributed by atoms with van der Waals surface area (Å²) in [4.78, 5) is 1.80. The van der Waals surface area contributed by atoms with E-state index in [2.05, 4.69) is 16.3 Å². The van der Waals surface area contributed by atoms with Gasteiger partial charge in [-0.1, -0.05) is 19.9 Å². The molecule has 15 heavy (non-hydrogen) atoms.